The molecule has 2 nitrogen and oxygen atoms in total. The summed E-state index contributed by atoms with van der Waals surface area (Å²) in [5.74, 6) is 0.707. The zero-order chi connectivity index (χ0) is 11.6. The molecule has 0 spiro atoms. The van der Waals surface area contributed by atoms with Crippen LogP contribution < -0.4 is 0 Å². The molecule has 84 valence electrons. The Hall–Kier alpha value is -1.96. The van der Waals surface area contributed by atoms with E-state index in [-0.39, 0.29) is 0 Å². The van der Waals surface area contributed by atoms with Crippen LogP contribution in [0.1, 0.15) is 22.3 Å². The van der Waals surface area contributed by atoms with E-state index in [1.165, 1.54) is 11.1 Å². The summed E-state index contributed by atoms with van der Waals surface area (Å²) in [6.45, 7) is 0. The molecular weight excluding hydrogens is 212 g/mol. The minimum absolute atomic E-state index is 0.354. The molecule has 2 aromatic carbocycles. The summed E-state index contributed by atoms with van der Waals surface area (Å²) in [7, 11) is 0. The van der Waals surface area contributed by atoms with Gasteiger partial charge in [0.1, 0.15) is 11.5 Å². The zero-order valence-corrected chi connectivity index (χ0v) is 9.33. The third-order valence-electron chi connectivity index (χ3n) is 3.85. The van der Waals surface area contributed by atoms with Crippen molar-refractivity contribution in [3.8, 4) is 11.5 Å². The summed E-state index contributed by atoms with van der Waals surface area (Å²) in [5, 5.41) is 22.2. The van der Waals surface area contributed by atoms with E-state index in [1.54, 1.807) is 0 Å². The topological polar surface area (TPSA) is 40.5 Å². The predicted molar refractivity (Wildman–Crippen MR) is 66.6 cm³/mol. The summed E-state index contributed by atoms with van der Waals surface area (Å²) < 4.78 is 0. The Morgan fingerprint density at radius 1 is 0.765 bits per heavy atom. The lowest BCUT2D eigenvalue weighted by molar-refractivity contribution is 0.459. The second kappa shape index (κ2) is 2.83. The molecule has 0 unspecified atom stereocenters. The van der Waals surface area contributed by atoms with E-state index in [9.17, 15) is 10.2 Å². The standard InChI is InChI=1S/C15H12O2/c16-14-10-3-1-2-4-11(10)15(17)13-7-9-5-8(9)6-12(13)14/h1-2,6-7,16-17H,3-5H2. The van der Waals surface area contributed by atoms with Gasteiger partial charge in [0, 0.05) is 21.9 Å². The average Bonchev–Trinajstić information content (AvgIpc) is 3.12. The van der Waals surface area contributed by atoms with Gasteiger partial charge in [-0.25, -0.2) is 0 Å². The van der Waals surface area contributed by atoms with Crippen molar-refractivity contribution in [3.05, 3.63) is 46.5 Å². The van der Waals surface area contributed by atoms with Crippen molar-refractivity contribution in [1.82, 2.24) is 0 Å². The minimum atomic E-state index is 0.354. The van der Waals surface area contributed by atoms with E-state index in [0.29, 0.717) is 24.3 Å². The van der Waals surface area contributed by atoms with Crippen molar-refractivity contribution >= 4 is 10.8 Å². The van der Waals surface area contributed by atoms with Gasteiger partial charge in [-0.15, -0.1) is 0 Å². The van der Waals surface area contributed by atoms with Crippen molar-refractivity contribution in [2.75, 3.05) is 0 Å². The van der Waals surface area contributed by atoms with Gasteiger partial charge in [-0.1, -0.05) is 12.2 Å². The molecule has 2 N–H and O–H groups in total. The Labute approximate surface area is 98.8 Å². The Kier molecular flexibility index (Phi) is 1.52. The SMILES string of the molecule is Oc1c2c(c(O)c3cc4c(cc13)C4)CC=CC2. The van der Waals surface area contributed by atoms with Crippen LogP contribution in [-0.4, -0.2) is 10.2 Å². The first-order chi connectivity index (χ1) is 8.25. The minimum Gasteiger partial charge on any atom is -0.507 e. The first-order valence-corrected chi connectivity index (χ1v) is 5.92. The monoisotopic (exact) mass is 224 g/mol. The van der Waals surface area contributed by atoms with Crippen LogP contribution in [0, 0.1) is 0 Å². The Morgan fingerprint density at radius 2 is 1.24 bits per heavy atom. The number of phenolic OH excluding ortho intramolecular Hbond substituents is 2. The van der Waals surface area contributed by atoms with E-state index >= 15 is 0 Å². The third-order valence-corrected chi connectivity index (χ3v) is 3.85. The van der Waals surface area contributed by atoms with Crippen molar-refractivity contribution in [2.24, 2.45) is 0 Å². The molecule has 0 amide bonds. The summed E-state index contributed by atoms with van der Waals surface area (Å²) in [5.41, 5.74) is 4.35. The smallest absolute Gasteiger partial charge is 0.127 e. The number of allylic oxidation sites excluding steroid dienone is 2. The lowest BCUT2D eigenvalue weighted by Crippen LogP contribution is -1.99. The van der Waals surface area contributed by atoms with Crippen LogP contribution in [-0.2, 0) is 19.3 Å². The predicted octanol–water partition coefficient (Wildman–Crippen LogP) is 2.81. The zero-order valence-electron chi connectivity index (χ0n) is 9.33. The quantitative estimate of drug-likeness (QED) is 0.455. The first kappa shape index (κ1) is 9.11. The highest BCUT2D eigenvalue weighted by Gasteiger charge is 2.24. The molecule has 4 rings (SSSR count). The number of fused-ring (bicyclic) bond motifs is 3. The van der Waals surface area contributed by atoms with Crippen LogP contribution >= 0.6 is 0 Å². The van der Waals surface area contributed by atoms with Crippen molar-refractivity contribution in [3.63, 3.8) is 0 Å². The number of hydrogen-bond acceptors (Lipinski definition) is 2. The fourth-order valence-corrected chi connectivity index (χ4v) is 2.80. The second-order valence-corrected chi connectivity index (χ2v) is 4.88. The number of aromatic hydroxyl groups is 2. The molecule has 17 heavy (non-hydrogen) atoms. The summed E-state index contributed by atoms with van der Waals surface area (Å²) in [4.78, 5) is 0. The first-order valence-electron chi connectivity index (χ1n) is 5.92. The fourth-order valence-electron chi connectivity index (χ4n) is 2.80. The van der Waals surface area contributed by atoms with Gasteiger partial charge in [0.2, 0.25) is 0 Å². The van der Waals surface area contributed by atoms with Gasteiger partial charge in [0.05, 0.1) is 0 Å². The maximum Gasteiger partial charge on any atom is 0.127 e. The van der Waals surface area contributed by atoms with Gasteiger partial charge in [-0.05, 0) is 42.5 Å². The molecule has 2 aliphatic carbocycles. The molecule has 0 bridgehead atoms. The van der Waals surface area contributed by atoms with Crippen molar-refractivity contribution < 1.29 is 10.2 Å². The Balaban J connectivity index is 2.17. The van der Waals surface area contributed by atoms with E-state index in [2.05, 4.69) is 0 Å². The summed E-state index contributed by atoms with van der Waals surface area (Å²) >= 11 is 0. The average molecular weight is 224 g/mol. The molecule has 2 heteroatoms. The van der Waals surface area contributed by atoms with Crippen LogP contribution in [0.5, 0.6) is 11.5 Å². The number of hydrogen-bond donors (Lipinski definition) is 2. The molecule has 0 saturated heterocycles. The van der Waals surface area contributed by atoms with Crippen LogP contribution in [0.2, 0.25) is 0 Å². The molecule has 0 aliphatic heterocycles. The normalized spacial score (nSPS) is 15.8. The molecule has 0 atom stereocenters. The third kappa shape index (κ3) is 1.10. The lowest BCUT2D eigenvalue weighted by Gasteiger charge is -2.17. The molecule has 0 aromatic heterocycles. The molecular formula is C15H12O2. The second-order valence-electron chi connectivity index (χ2n) is 4.88. The number of phenols is 2. The summed E-state index contributed by atoms with van der Waals surface area (Å²) in [6, 6.07) is 4.02. The Bertz CT molecular complexity index is 638. The largest absolute Gasteiger partial charge is 0.507 e. The molecule has 0 heterocycles. The molecule has 0 fully saturated rings. The van der Waals surface area contributed by atoms with Crippen LogP contribution in [0.15, 0.2) is 24.3 Å². The van der Waals surface area contributed by atoms with Gasteiger partial charge in [-0.2, -0.15) is 0 Å². The van der Waals surface area contributed by atoms with E-state index in [4.69, 9.17) is 0 Å². The van der Waals surface area contributed by atoms with Crippen LogP contribution in [0.3, 0.4) is 0 Å². The fraction of sp³-hybridized carbons (Fsp3) is 0.200. The van der Waals surface area contributed by atoms with Crippen LogP contribution in [0.4, 0.5) is 0 Å². The van der Waals surface area contributed by atoms with Gasteiger partial charge in [-0.3, -0.25) is 0 Å². The lowest BCUT2D eigenvalue weighted by atomic mass is 9.91. The van der Waals surface area contributed by atoms with E-state index < -0.39 is 0 Å². The maximum absolute atomic E-state index is 10.3. The molecule has 0 saturated carbocycles. The Morgan fingerprint density at radius 3 is 1.71 bits per heavy atom. The van der Waals surface area contributed by atoms with Gasteiger partial charge in [0.25, 0.3) is 0 Å². The van der Waals surface area contributed by atoms with Gasteiger partial charge in [0.15, 0.2) is 0 Å². The van der Waals surface area contributed by atoms with Crippen molar-refractivity contribution in [1.29, 1.82) is 0 Å². The number of benzene rings is 2. The highest BCUT2D eigenvalue weighted by molar-refractivity contribution is 5.98. The summed E-state index contributed by atoms with van der Waals surface area (Å²) in [6.07, 6.45) is 6.50. The highest BCUT2D eigenvalue weighted by Crippen LogP contribution is 2.45. The van der Waals surface area contributed by atoms with E-state index in [0.717, 1.165) is 28.3 Å². The van der Waals surface area contributed by atoms with Gasteiger partial charge >= 0.3 is 0 Å². The molecule has 0 radical (unpaired) electrons. The highest BCUT2D eigenvalue weighted by atomic mass is 16.3. The molecule has 2 aliphatic rings. The van der Waals surface area contributed by atoms with Crippen molar-refractivity contribution in [2.45, 2.75) is 19.3 Å². The number of rotatable bonds is 0. The molecule has 2 aromatic rings. The van der Waals surface area contributed by atoms with E-state index in [1.807, 2.05) is 24.3 Å². The van der Waals surface area contributed by atoms with Gasteiger partial charge < -0.3 is 10.2 Å². The maximum atomic E-state index is 10.3. The van der Waals surface area contributed by atoms with Crippen LogP contribution in [0.25, 0.3) is 10.8 Å².